The topological polar surface area (TPSA) is 72.4 Å². The first-order valence-electron chi connectivity index (χ1n) is 7.01. The van der Waals surface area contributed by atoms with Gasteiger partial charge in [-0.05, 0) is 31.8 Å². The molecule has 2 rings (SSSR count). The van der Waals surface area contributed by atoms with Crippen molar-refractivity contribution in [2.24, 2.45) is 5.92 Å². The number of piperidine rings is 1. The van der Waals surface area contributed by atoms with Crippen molar-refractivity contribution in [1.82, 2.24) is 19.9 Å². The Morgan fingerprint density at radius 1 is 1.10 bits per heavy atom. The van der Waals surface area contributed by atoms with Crippen LogP contribution in [0.5, 0.6) is 12.0 Å². The molecular formula is C13H23N5O2. The summed E-state index contributed by atoms with van der Waals surface area (Å²) in [5.74, 6) is 1.34. The fourth-order valence-corrected chi connectivity index (χ4v) is 2.21. The molecule has 0 amide bonds. The number of hydrogen-bond donors (Lipinski definition) is 1. The molecule has 1 saturated heterocycles. The van der Waals surface area contributed by atoms with E-state index in [1.807, 2.05) is 0 Å². The van der Waals surface area contributed by atoms with E-state index in [9.17, 15) is 0 Å². The Balaban J connectivity index is 1.81. The van der Waals surface area contributed by atoms with E-state index >= 15 is 0 Å². The van der Waals surface area contributed by atoms with Gasteiger partial charge >= 0.3 is 12.0 Å². The molecule has 0 saturated carbocycles. The van der Waals surface area contributed by atoms with Gasteiger partial charge in [-0.15, -0.1) is 4.98 Å². The number of likely N-dealkylation sites (tertiary alicyclic amines) is 1. The minimum Gasteiger partial charge on any atom is -0.467 e. The molecule has 2 heterocycles. The maximum atomic E-state index is 5.01. The molecule has 1 aliphatic heterocycles. The van der Waals surface area contributed by atoms with Crippen molar-refractivity contribution in [1.29, 1.82) is 0 Å². The summed E-state index contributed by atoms with van der Waals surface area (Å²) in [4.78, 5) is 14.7. The number of nitrogens with one attached hydrogen (secondary N) is 1. The summed E-state index contributed by atoms with van der Waals surface area (Å²) in [7, 11) is 3.04. The predicted molar refractivity (Wildman–Crippen MR) is 76.3 cm³/mol. The van der Waals surface area contributed by atoms with Crippen LogP contribution in [0.25, 0.3) is 0 Å². The third-order valence-corrected chi connectivity index (χ3v) is 3.55. The van der Waals surface area contributed by atoms with Crippen LogP contribution >= 0.6 is 0 Å². The number of rotatable bonds is 6. The highest BCUT2D eigenvalue weighted by Crippen LogP contribution is 2.15. The number of aromatic nitrogens is 3. The molecule has 0 spiro atoms. The smallest absolute Gasteiger partial charge is 0.324 e. The molecule has 1 aromatic heterocycles. The normalized spacial score (nSPS) is 16.9. The van der Waals surface area contributed by atoms with Crippen molar-refractivity contribution in [3.05, 3.63) is 0 Å². The van der Waals surface area contributed by atoms with E-state index in [4.69, 9.17) is 9.47 Å². The van der Waals surface area contributed by atoms with Crippen LogP contribution in [0.3, 0.4) is 0 Å². The molecule has 1 aromatic rings. The van der Waals surface area contributed by atoms with Gasteiger partial charge in [-0.25, -0.2) is 0 Å². The molecule has 7 nitrogen and oxygen atoms in total. The van der Waals surface area contributed by atoms with E-state index in [0.29, 0.717) is 5.95 Å². The van der Waals surface area contributed by atoms with Gasteiger partial charge in [-0.1, -0.05) is 6.92 Å². The third kappa shape index (κ3) is 4.19. The quantitative estimate of drug-likeness (QED) is 0.835. The molecule has 0 aromatic carbocycles. The summed E-state index contributed by atoms with van der Waals surface area (Å²) >= 11 is 0. The molecule has 0 atom stereocenters. The SMILES string of the molecule is COc1nc(NCCN2CCC(C)CC2)nc(OC)n1. The third-order valence-electron chi connectivity index (χ3n) is 3.55. The molecule has 0 aliphatic carbocycles. The van der Waals surface area contributed by atoms with Crippen molar-refractivity contribution >= 4 is 5.95 Å². The first-order chi connectivity index (χ1) is 9.71. The fourth-order valence-electron chi connectivity index (χ4n) is 2.21. The van der Waals surface area contributed by atoms with Crippen LogP contribution in [0.1, 0.15) is 19.8 Å². The van der Waals surface area contributed by atoms with E-state index in [0.717, 1.165) is 19.0 Å². The molecule has 1 fully saturated rings. The van der Waals surface area contributed by atoms with Gasteiger partial charge in [0.2, 0.25) is 5.95 Å². The zero-order valence-electron chi connectivity index (χ0n) is 12.4. The number of anilines is 1. The molecule has 20 heavy (non-hydrogen) atoms. The maximum Gasteiger partial charge on any atom is 0.324 e. The number of ether oxygens (including phenoxy) is 2. The highest BCUT2D eigenvalue weighted by atomic mass is 16.5. The summed E-state index contributed by atoms with van der Waals surface area (Å²) in [6, 6.07) is 0.511. The van der Waals surface area contributed by atoms with Crippen LogP contribution in [0, 0.1) is 5.92 Å². The highest BCUT2D eigenvalue weighted by molar-refractivity contribution is 5.27. The number of hydrogen-bond acceptors (Lipinski definition) is 7. The van der Waals surface area contributed by atoms with Crippen LogP contribution in [0.15, 0.2) is 0 Å². The van der Waals surface area contributed by atoms with Gasteiger partial charge in [-0.3, -0.25) is 0 Å². The molecule has 0 bridgehead atoms. The molecule has 112 valence electrons. The largest absolute Gasteiger partial charge is 0.467 e. The number of methoxy groups -OCH3 is 2. The van der Waals surface area contributed by atoms with Crippen molar-refractivity contribution in [2.75, 3.05) is 45.7 Å². The van der Waals surface area contributed by atoms with Crippen LogP contribution in [-0.4, -0.2) is 60.3 Å². The first kappa shape index (κ1) is 14.8. The maximum absolute atomic E-state index is 5.01. The second-order valence-electron chi connectivity index (χ2n) is 5.08. The van der Waals surface area contributed by atoms with E-state index in [1.165, 1.54) is 40.2 Å². The standard InChI is InChI=1S/C13H23N5O2/c1-10-4-7-18(8-5-10)9-6-14-11-15-12(19-2)17-13(16-11)20-3/h10H,4-9H2,1-3H3,(H,14,15,16,17). The summed E-state index contributed by atoms with van der Waals surface area (Å²) in [5.41, 5.74) is 0. The fraction of sp³-hybridized carbons (Fsp3) is 0.769. The van der Waals surface area contributed by atoms with E-state index in [2.05, 4.69) is 32.1 Å². The molecule has 0 unspecified atom stereocenters. The van der Waals surface area contributed by atoms with E-state index in [1.54, 1.807) is 0 Å². The average molecular weight is 281 g/mol. The van der Waals surface area contributed by atoms with Gasteiger partial charge in [-0.2, -0.15) is 9.97 Å². The zero-order chi connectivity index (χ0) is 14.4. The second kappa shape index (κ2) is 7.23. The van der Waals surface area contributed by atoms with Crippen LogP contribution in [-0.2, 0) is 0 Å². The van der Waals surface area contributed by atoms with Gasteiger partial charge in [0, 0.05) is 13.1 Å². The molecule has 1 N–H and O–H groups in total. The first-order valence-corrected chi connectivity index (χ1v) is 7.01. The predicted octanol–water partition coefficient (Wildman–Crippen LogP) is 1.03. The lowest BCUT2D eigenvalue weighted by molar-refractivity contribution is 0.199. The Bertz CT molecular complexity index is 399. The minimum atomic E-state index is 0.256. The lowest BCUT2D eigenvalue weighted by Crippen LogP contribution is -2.36. The number of nitrogens with zero attached hydrogens (tertiary/aromatic N) is 4. The Hall–Kier alpha value is -1.63. The monoisotopic (exact) mass is 281 g/mol. The molecular weight excluding hydrogens is 258 g/mol. The Morgan fingerprint density at radius 3 is 2.25 bits per heavy atom. The van der Waals surface area contributed by atoms with Crippen molar-refractivity contribution in [3.8, 4) is 12.0 Å². The van der Waals surface area contributed by atoms with Crippen LogP contribution in [0.2, 0.25) is 0 Å². The van der Waals surface area contributed by atoms with Crippen molar-refractivity contribution in [3.63, 3.8) is 0 Å². The summed E-state index contributed by atoms with van der Waals surface area (Å²) < 4.78 is 10.0. The van der Waals surface area contributed by atoms with Crippen molar-refractivity contribution in [2.45, 2.75) is 19.8 Å². The Morgan fingerprint density at radius 2 is 1.70 bits per heavy atom. The lowest BCUT2D eigenvalue weighted by Gasteiger charge is -2.30. The van der Waals surface area contributed by atoms with Gasteiger partial charge in [0.1, 0.15) is 0 Å². The summed E-state index contributed by atoms with van der Waals surface area (Å²) in [6.07, 6.45) is 2.57. The van der Waals surface area contributed by atoms with Crippen molar-refractivity contribution < 1.29 is 9.47 Å². The van der Waals surface area contributed by atoms with Gasteiger partial charge in [0.15, 0.2) is 0 Å². The van der Waals surface area contributed by atoms with Gasteiger partial charge in [0.05, 0.1) is 14.2 Å². The van der Waals surface area contributed by atoms with E-state index in [-0.39, 0.29) is 12.0 Å². The summed E-state index contributed by atoms with van der Waals surface area (Å²) in [6.45, 7) is 6.45. The zero-order valence-corrected chi connectivity index (χ0v) is 12.4. The lowest BCUT2D eigenvalue weighted by atomic mass is 9.99. The van der Waals surface area contributed by atoms with Crippen LogP contribution < -0.4 is 14.8 Å². The highest BCUT2D eigenvalue weighted by Gasteiger charge is 2.15. The molecule has 1 aliphatic rings. The second-order valence-corrected chi connectivity index (χ2v) is 5.08. The Labute approximate surface area is 119 Å². The Kier molecular flexibility index (Phi) is 5.34. The van der Waals surface area contributed by atoms with Gasteiger partial charge < -0.3 is 19.7 Å². The van der Waals surface area contributed by atoms with Gasteiger partial charge in [0.25, 0.3) is 0 Å². The minimum absolute atomic E-state index is 0.256. The van der Waals surface area contributed by atoms with E-state index < -0.39 is 0 Å². The average Bonchev–Trinajstić information content (AvgIpc) is 2.49. The van der Waals surface area contributed by atoms with Crippen LogP contribution in [0.4, 0.5) is 5.95 Å². The molecule has 0 radical (unpaired) electrons. The summed E-state index contributed by atoms with van der Waals surface area (Å²) in [5, 5.41) is 3.19. The molecule has 7 heteroatoms.